The van der Waals surface area contributed by atoms with Gasteiger partial charge < -0.3 is 5.32 Å². The smallest absolute Gasteiger partial charge is 0.225 e. The van der Waals surface area contributed by atoms with Crippen LogP contribution in [-0.2, 0) is 4.79 Å². The second kappa shape index (κ2) is 5.21. The summed E-state index contributed by atoms with van der Waals surface area (Å²) in [6, 6.07) is 4.00. The van der Waals surface area contributed by atoms with Crippen LogP contribution in [0, 0.1) is 20.8 Å². The van der Waals surface area contributed by atoms with Crippen LogP contribution >= 0.6 is 12.6 Å². The van der Waals surface area contributed by atoms with E-state index in [1.54, 1.807) is 0 Å². The van der Waals surface area contributed by atoms with Gasteiger partial charge in [-0.05, 0) is 55.3 Å². The summed E-state index contributed by atoms with van der Waals surface area (Å²) in [6.07, 6.45) is 0.453. The highest BCUT2D eigenvalue weighted by atomic mass is 32.1. The van der Waals surface area contributed by atoms with Crippen molar-refractivity contribution in [3.63, 3.8) is 0 Å². The first-order chi connectivity index (χ1) is 7.04. The number of hydrogen-bond donors (Lipinski definition) is 2. The highest BCUT2D eigenvalue weighted by molar-refractivity contribution is 7.80. The van der Waals surface area contributed by atoms with Crippen LogP contribution in [0.4, 0.5) is 5.69 Å². The average Bonchev–Trinajstić information content (AvgIpc) is 2.14. The van der Waals surface area contributed by atoms with Gasteiger partial charge in [0.2, 0.25) is 5.91 Å². The fraction of sp³-hybridized carbons (Fsp3) is 0.417. The highest BCUT2D eigenvalue weighted by Gasteiger charge is 2.04. The fourth-order valence-electron chi connectivity index (χ4n) is 1.43. The molecular weight excluding hydrogens is 206 g/mol. The molecule has 0 aliphatic heterocycles. The molecule has 0 saturated heterocycles. The highest BCUT2D eigenvalue weighted by Crippen LogP contribution is 2.19. The molecule has 0 aliphatic carbocycles. The Balaban J connectivity index is 2.83. The van der Waals surface area contributed by atoms with Crippen molar-refractivity contribution >= 4 is 24.2 Å². The van der Waals surface area contributed by atoms with E-state index in [2.05, 4.69) is 38.7 Å². The van der Waals surface area contributed by atoms with Crippen molar-refractivity contribution < 1.29 is 4.79 Å². The minimum atomic E-state index is 0.0210. The summed E-state index contributed by atoms with van der Waals surface area (Å²) in [6.45, 7) is 6.19. The Bertz CT molecular complexity index is 351. The zero-order valence-electron chi connectivity index (χ0n) is 9.42. The number of rotatable bonds is 3. The third-order valence-electron chi connectivity index (χ3n) is 2.55. The van der Waals surface area contributed by atoms with Crippen LogP contribution in [0.2, 0.25) is 0 Å². The molecule has 3 heteroatoms. The van der Waals surface area contributed by atoms with Crippen molar-refractivity contribution in [2.45, 2.75) is 27.2 Å². The predicted molar refractivity (Wildman–Crippen MR) is 67.8 cm³/mol. The van der Waals surface area contributed by atoms with Crippen molar-refractivity contribution in [2.24, 2.45) is 0 Å². The molecule has 0 bridgehead atoms. The Morgan fingerprint density at radius 2 is 1.80 bits per heavy atom. The second-order valence-electron chi connectivity index (χ2n) is 3.76. The molecule has 1 N–H and O–H groups in total. The van der Waals surface area contributed by atoms with Gasteiger partial charge >= 0.3 is 0 Å². The number of carbonyl (C=O) groups is 1. The maximum atomic E-state index is 11.4. The SMILES string of the molecule is Cc1cc(NC(=O)CCS)cc(C)c1C. The van der Waals surface area contributed by atoms with Crippen LogP contribution in [0.25, 0.3) is 0 Å². The van der Waals surface area contributed by atoms with E-state index in [0.29, 0.717) is 12.2 Å². The normalized spacial score (nSPS) is 10.1. The fourth-order valence-corrected chi connectivity index (χ4v) is 1.64. The number of benzene rings is 1. The van der Waals surface area contributed by atoms with Crippen LogP contribution in [0.5, 0.6) is 0 Å². The van der Waals surface area contributed by atoms with Crippen molar-refractivity contribution in [1.29, 1.82) is 0 Å². The molecule has 0 heterocycles. The van der Waals surface area contributed by atoms with Gasteiger partial charge in [0.15, 0.2) is 0 Å². The molecule has 82 valence electrons. The van der Waals surface area contributed by atoms with Gasteiger partial charge in [0.25, 0.3) is 0 Å². The number of hydrogen-bond acceptors (Lipinski definition) is 2. The van der Waals surface area contributed by atoms with Gasteiger partial charge in [-0.2, -0.15) is 12.6 Å². The summed E-state index contributed by atoms with van der Waals surface area (Å²) in [5, 5.41) is 2.86. The monoisotopic (exact) mass is 223 g/mol. The molecule has 1 amide bonds. The summed E-state index contributed by atoms with van der Waals surface area (Å²) in [5.74, 6) is 0.600. The van der Waals surface area contributed by atoms with Crippen LogP contribution in [0.3, 0.4) is 0 Å². The minimum absolute atomic E-state index is 0.0210. The Hall–Kier alpha value is -0.960. The van der Waals surface area contributed by atoms with E-state index >= 15 is 0 Å². The Morgan fingerprint density at radius 1 is 1.27 bits per heavy atom. The van der Waals surface area contributed by atoms with E-state index < -0.39 is 0 Å². The molecule has 2 nitrogen and oxygen atoms in total. The third-order valence-corrected chi connectivity index (χ3v) is 2.77. The first-order valence-electron chi connectivity index (χ1n) is 5.03. The number of anilines is 1. The quantitative estimate of drug-likeness (QED) is 0.758. The number of thiol groups is 1. The van der Waals surface area contributed by atoms with Gasteiger partial charge in [0.1, 0.15) is 0 Å². The molecule has 0 unspecified atom stereocenters. The lowest BCUT2D eigenvalue weighted by atomic mass is 10.0. The molecule has 0 radical (unpaired) electrons. The molecule has 0 aromatic heterocycles. The van der Waals surface area contributed by atoms with E-state index in [0.717, 1.165) is 5.69 Å². The lowest BCUT2D eigenvalue weighted by molar-refractivity contribution is -0.115. The minimum Gasteiger partial charge on any atom is -0.326 e. The average molecular weight is 223 g/mol. The lowest BCUT2D eigenvalue weighted by Crippen LogP contribution is -2.12. The van der Waals surface area contributed by atoms with Crippen molar-refractivity contribution in [3.8, 4) is 0 Å². The van der Waals surface area contributed by atoms with Gasteiger partial charge in [0.05, 0.1) is 0 Å². The number of aryl methyl sites for hydroxylation is 2. The van der Waals surface area contributed by atoms with Gasteiger partial charge in [-0.25, -0.2) is 0 Å². The third kappa shape index (κ3) is 3.27. The first kappa shape index (κ1) is 12.1. The molecule has 0 spiro atoms. The first-order valence-corrected chi connectivity index (χ1v) is 5.66. The molecule has 1 rings (SSSR count). The van der Waals surface area contributed by atoms with Crippen LogP contribution in [0.15, 0.2) is 12.1 Å². The number of carbonyl (C=O) groups excluding carboxylic acids is 1. The van der Waals surface area contributed by atoms with E-state index in [1.165, 1.54) is 16.7 Å². The van der Waals surface area contributed by atoms with E-state index in [1.807, 2.05) is 12.1 Å². The molecule has 0 fully saturated rings. The van der Waals surface area contributed by atoms with Gasteiger partial charge in [-0.3, -0.25) is 4.79 Å². The van der Waals surface area contributed by atoms with Gasteiger partial charge in [0, 0.05) is 12.1 Å². The Kier molecular flexibility index (Phi) is 4.21. The summed E-state index contributed by atoms with van der Waals surface area (Å²) in [7, 11) is 0. The maximum Gasteiger partial charge on any atom is 0.225 e. The molecule has 1 aromatic rings. The largest absolute Gasteiger partial charge is 0.326 e. The van der Waals surface area contributed by atoms with E-state index in [-0.39, 0.29) is 5.91 Å². The Labute approximate surface area is 96.5 Å². The van der Waals surface area contributed by atoms with Crippen molar-refractivity contribution in [2.75, 3.05) is 11.1 Å². The molecule has 0 aliphatic rings. The summed E-state index contributed by atoms with van der Waals surface area (Å²) in [4.78, 5) is 11.4. The Morgan fingerprint density at radius 3 is 2.27 bits per heavy atom. The molecule has 1 aromatic carbocycles. The summed E-state index contributed by atoms with van der Waals surface area (Å²) < 4.78 is 0. The van der Waals surface area contributed by atoms with Gasteiger partial charge in [-0.15, -0.1) is 0 Å². The molecule has 0 saturated carbocycles. The zero-order chi connectivity index (χ0) is 11.4. The lowest BCUT2D eigenvalue weighted by Gasteiger charge is -2.10. The van der Waals surface area contributed by atoms with Crippen molar-refractivity contribution in [1.82, 2.24) is 0 Å². The number of nitrogens with one attached hydrogen (secondary N) is 1. The topological polar surface area (TPSA) is 29.1 Å². The predicted octanol–water partition coefficient (Wildman–Crippen LogP) is 2.87. The van der Waals surface area contributed by atoms with Crippen molar-refractivity contribution in [3.05, 3.63) is 28.8 Å². The zero-order valence-corrected chi connectivity index (χ0v) is 10.3. The van der Waals surface area contributed by atoms with Crippen LogP contribution < -0.4 is 5.32 Å². The molecule has 15 heavy (non-hydrogen) atoms. The van der Waals surface area contributed by atoms with Crippen LogP contribution in [-0.4, -0.2) is 11.7 Å². The molecule has 0 atom stereocenters. The van der Waals surface area contributed by atoms with Gasteiger partial charge in [-0.1, -0.05) is 0 Å². The summed E-state index contributed by atoms with van der Waals surface area (Å²) in [5.41, 5.74) is 4.57. The van der Waals surface area contributed by atoms with Crippen LogP contribution in [0.1, 0.15) is 23.1 Å². The number of amides is 1. The standard InChI is InChI=1S/C12H17NOS/c1-8-6-11(7-9(2)10(8)3)13-12(14)4-5-15/h6-7,15H,4-5H2,1-3H3,(H,13,14). The second-order valence-corrected chi connectivity index (χ2v) is 4.20. The maximum absolute atomic E-state index is 11.4. The summed E-state index contributed by atoms with van der Waals surface area (Å²) >= 11 is 4.02. The van der Waals surface area contributed by atoms with E-state index in [4.69, 9.17) is 0 Å². The molecular formula is C12H17NOS. The van der Waals surface area contributed by atoms with E-state index in [9.17, 15) is 4.79 Å².